The number of fused-ring (bicyclic) bond motifs is 1. The maximum absolute atomic E-state index is 12.6. The summed E-state index contributed by atoms with van der Waals surface area (Å²) in [5, 5.41) is 7.67. The van der Waals surface area contributed by atoms with Gasteiger partial charge in [-0.05, 0) is 24.1 Å². The first-order valence-electron chi connectivity index (χ1n) is 7.51. The van der Waals surface area contributed by atoms with E-state index in [2.05, 4.69) is 10.6 Å². The molecule has 23 heavy (non-hydrogen) atoms. The normalized spacial score (nSPS) is 26.8. The van der Waals surface area contributed by atoms with Crippen LogP contribution in [0.5, 0.6) is 0 Å². The van der Waals surface area contributed by atoms with Crippen molar-refractivity contribution in [3.05, 3.63) is 22.4 Å². The summed E-state index contributed by atoms with van der Waals surface area (Å²) < 4.78 is 0. The summed E-state index contributed by atoms with van der Waals surface area (Å²) in [7, 11) is 0. The number of rotatable bonds is 5. The van der Waals surface area contributed by atoms with Crippen LogP contribution in [-0.4, -0.2) is 59.3 Å². The van der Waals surface area contributed by atoms with E-state index < -0.39 is 12.1 Å². The molecule has 1 aromatic rings. The lowest BCUT2D eigenvalue weighted by Gasteiger charge is -2.36. The number of nitrogens with one attached hydrogen (secondary N) is 2. The Morgan fingerprint density at radius 2 is 2.35 bits per heavy atom. The van der Waals surface area contributed by atoms with Crippen LogP contribution >= 0.6 is 23.1 Å². The number of nitrogens with zero attached hydrogens (tertiary/aromatic N) is 1. The molecule has 2 aliphatic heterocycles. The minimum absolute atomic E-state index is 0.0513. The molecule has 0 radical (unpaired) electrons. The summed E-state index contributed by atoms with van der Waals surface area (Å²) in [6.07, 6.45) is 3.00. The van der Waals surface area contributed by atoms with Gasteiger partial charge in [0.25, 0.3) is 0 Å². The second kappa shape index (κ2) is 6.92. The van der Waals surface area contributed by atoms with E-state index in [0.29, 0.717) is 25.1 Å². The second-order valence-corrected chi connectivity index (χ2v) is 7.62. The van der Waals surface area contributed by atoms with Crippen LogP contribution in [0.15, 0.2) is 17.5 Å². The van der Waals surface area contributed by atoms with E-state index in [1.54, 1.807) is 16.2 Å². The zero-order valence-corrected chi connectivity index (χ0v) is 14.4. The highest BCUT2D eigenvalue weighted by Crippen LogP contribution is 2.25. The Hall–Kier alpha value is -1.54. The van der Waals surface area contributed by atoms with Crippen molar-refractivity contribution in [3.63, 3.8) is 0 Å². The molecule has 3 heterocycles. The smallest absolute Gasteiger partial charge is 0.246 e. The number of hydrogen-bond acceptors (Lipinski definition) is 5. The Morgan fingerprint density at radius 3 is 3.04 bits per heavy atom. The first-order chi connectivity index (χ1) is 11.1. The van der Waals surface area contributed by atoms with Crippen LogP contribution in [0.1, 0.15) is 11.3 Å². The molecule has 124 valence electrons. The van der Waals surface area contributed by atoms with Gasteiger partial charge < -0.3 is 15.5 Å². The quantitative estimate of drug-likeness (QED) is 0.795. The Morgan fingerprint density at radius 1 is 1.52 bits per heavy atom. The molecule has 2 fully saturated rings. The van der Waals surface area contributed by atoms with Crippen LogP contribution in [0.3, 0.4) is 0 Å². The van der Waals surface area contributed by atoms with E-state index in [0.717, 1.165) is 4.88 Å². The average molecular weight is 353 g/mol. The lowest BCUT2D eigenvalue weighted by molar-refractivity contribution is -0.147. The number of piperazine rings is 1. The van der Waals surface area contributed by atoms with Gasteiger partial charge in [-0.15, -0.1) is 11.3 Å². The average Bonchev–Trinajstić information content (AvgIpc) is 3.15. The van der Waals surface area contributed by atoms with Crippen LogP contribution in [-0.2, 0) is 20.8 Å². The second-order valence-electron chi connectivity index (χ2n) is 5.72. The summed E-state index contributed by atoms with van der Waals surface area (Å²) in [6, 6.07) is 2.53. The van der Waals surface area contributed by atoms with Gasteiger partial charge >= 0.3 is 0 Å². The Kier molecular flexibility index (Phi) is 4.91. The lowest BCUT2D eigenvalue weighted by atomic mass is 10.0. The van der Waals surface area contributed by atoms with Gasteiger partial charge in [0.15, 0.2) is 0 Å². The van der Waals surface area contributed by atoms with Crippen LogP contribution in [0, 0.1) is 0 Å². The van der Waals surface area contributed by atoms with Gasteiger partial charge in [-0.2, -0.15) is 11.8 Å². The number of thiophene rings is 1. The fourth-order valence-corrected chi connectivity index (χ4v) is 4.28. The molecule has 1 aromatic heterocycles. The van der Waals surface area contributed by atoms with Crippen molar-refractivity contribution >= 4 is 40.8 Å². The third-order valence-electron chi connectivity index (χ3n) is 4.17. The SMILES string of the molecule is CSCC(=O)NC1CCN2C(=O)C(Cc3cccs3)NC(=O)C12. The van der Waals surface area contributed by atoms with E-state index in [-0.39, 0.29) is 23.8 Å². The van der Waals surface area contributed by atoms with Gasteiger partial charge in [0.2, 0.25) is 17.7 Å². The molecular formula is C15H19N3O3S2. The van der Waals surface area contributed by atoms with Crippen molar-refractivity contribution in [1.29, 1.82) is 0 Å². The predicted molar refractivity (Wildman–Crippen MR) is 90.4 cm³/mol. The summed E-state index contributed by atoms with van der Waals surface area (Å²) in [6.45, 7) is 0.516. The van der Waals surface area contributed by atoms with Crippen molar-refractivity contribution in [2.75, 3.05) is 18.6 Å². The molecule has 8 heteroatoms. The van der Waals surface area contributed by atoms with Gasteiger partial charge in [-0.25, -0.2) is 0 Å². The zero-order valence-electron chi connectivity index (χ0n) is 12.8. The molecule has 0 saturated carbocycles. The number of carbonyl (C=O) groups is 3. The minimum Gasteiger partial charge on any atom is -0.350 e. The van der Waals surface area contributed by atoms with E-state index in [1.165, 1.54) is 11.8 Å². The molecule has 0 bridgehead atoms. The van der Waals surface area contributed by atoms with E-state index in [1.807, 2.05) is 23.8 Å². The summed E-state index contributed by atoms with van der Waals surface area (Å²) in [4.78, 5) is 39.6. The molecule has 6 nitrogen and oxygen atoms in total. The number of thioether (sulfide) groups is 1. The Bertz CT molecular complexity index is 605. The van der Waals surface area contributed by atoms with Gasteiger partial charge in [-0.3, -0.25) is 14.4 Å². The molecule has 0 aliphatic carbocycles. The van der Waals surface area contributed by atoms with Gasteiger partial charge in [0.05, 0.1) is 11.8 Å². The zero-order chi connectivity index (χ0) is 16.4. The number of carbonyl (C=O) groups excluding carboxylic acids is 3. The van der Waals surface area contributed by atoms with Crippen molar-refractivity contribution in [2.24, 2.45) is 0 Å². The molecule has 2 aliphatic rings. The highest BCUT2D eigenvalue weighted by atomic mass is 32.2. The predicted octanol–water partition coefficient (Wildman–Crippen LogP) is 0.238. The van der Waals surface area contributed by atoms with E-state index in [4.69, 9.17) is 0 Å². The molecule has 3 unspecified atom stereocenters. The third kappa shape index (κ3) is 3.37. The largest absolute Gasteiger partial charge is 0.350 e. The molecule has 3 atom stereocenters. The molecular weight excluding hydrogens is 334 g/mol. The third-order valence-corrected chi connectivity index (χ3v) is 5.62. The maximum Gasteiger partial charge on any atom is 0.246 e. The molecule has 2 N–H and O–H groups in total. The van der Waals surface area contributed by atoms with E-state index >= 15 is 0 Å². The summed E-state index contributed by atoms with van der Waals surface area (Å²) in [5.41, 5.74) is 0. The van der Waals surface area contributed by atoms with Crippen LogP contribution in [0.2, 0.25) is 0 Å². The number of hydrogen-bond donors (Lipinski definition) is 2. The lowest BCUT2D eigenvalue weighted by Crippen LogP contribution is -2.65. The number of amides is 3. The standard InChI is InChI=1S/C15H19N3O3S2/c1-22-8-12(19)16-10-4-5-18-13(10)14(20)17-11(15(18)21)7-9-3-2-6-23-9/h2-3,6,10-11,13H,4-5,7-8H2,1H3,(H,16,19)(H,17,20). The minimum atomic E-state index is -0.576. The molecule has 3 rings (SSSR count). The first kappa shape index (κ1) is 16.3. The molecule has 0 aromatic carbocycles. The van der Waals surface area contributed by atoms with Gasteiger partial charge in [-0.1, -0.05) is 6.07 Å². The Labute approximate surface area is 143 Å². The first-order valence-corrected chi connectivity index (χ1v) is 9.79. The van der Waals surface area contributed by atoms with Crippen molar-refractivity contribution in [3.8, 4) is 0 Å². The molecule has 0 spiro atoms. The van der Waals surface area contributed by atoms with Crippen molar-refractivity contribution < 1.29 is 14.4 Å². The van der Waals surface area contributed by atoms with Crippen LogP contribution < -0.4 is 10.6 Å². The Balaban J connectivity index is 1.68. The van der Waals surface area contributed by atoms with Crippen LogP contribution in [0.25, 0.3) is 0 Å². The highest BCUT2D eigenvalue weighted by molar-refractivity contribution is 7.99. The van der Waals surface area contributed by atoms with Crippen molar-refractivity contribution in [1.82, 2.24) is 15.5 Å². The molecule has 3 amide bonds. The summed E-state index contributed by atoms with van der Waals surface area (Å²) in [5.74, 6) is 0.0489. The molecule has 2 saturated heterocycles. The van der Waals surface area contributed by atoms with Crippen LogP contribution in [0.4, 0.5) is 0 Å². The monoisotopic (exact) mass is 353 g/mol. The topological polar surface area (TPSA) is 78.5 Å². The highest BCUT2D eigenvalue weighted by Gasteiger charge is 2.48. The maximum atomic E-state index is 12.6. The van der Waals surface area contributed by atoms with E-state index in [9.17, 15) is 14.4 Å². The van der Waals surface area contributed by atoms with Crippen molar-refractivity contribution in [2.45, 2.75) is 31.0 Å². The van der Waals surface area contributed by atoms with Gasteiger partial charge in [0.1, 0.15) is 12.1 Å². The fraction of sp³-hybridized carbons (Fsp3) is 0.533. The fourth-order valence-electron chi connectivity index (χ4n) is 3.18. The van der Waals surface area contributed by atoms with Gasteiger partial charge in [0, 0.05) is 17.8 Å². The summed E-state index contributed by atoms with van der Waals surface area (Å²) >= 11 is 3.01.